The van der Waals surface area contributed by atoms with Gasteiger partial charge < -0.3 is 15.4 Å². The van der Waals surface area contributed by atoms with Crippen molar-refractivity contribution in [2.24, 2.45) is 7.05 Å². The van der Waals surface area contributed by atoms with Crippen LogP contribution in [0.2, 0.25) is 0 Å². The smallest absolute Gasteiger partial charge is 0.443 e. The molecule has 3 rings (SSSR count). The number of aromatic amines is 1. The van der Waals surface area contributed by atoms with Gasteiger partial charge in [-0.15, -0.1) is 13.2 Å². The number of nitrogens with zero attached hydrogens (tertiary/aromatic N) is 3. The van der Waals surface area contributed by atoms with Crippen LogP contribution in [0.1, 0.15) is 54.5 Å². The largest absolute Gasteiger partial charge is 0.522 e. The van der Waals surface area contributed by atoms with Gasteiger partial charge >= 0.3 is 12.5 Å². The minimum atomic E-state index is -4.82. The van der Waals surface area contributed by atoms with Gasteiger partial charge in [-0.1, -0.05) is 0 Å². The number of alkyl carbamates (subject to hydrolysis) is 1. The Morgan fingerprint density at radius 2 is 2.03 bits per heavy atom. The quantitative estimate of drug-likeness (QED) is 0.528. The number of ether oxygens (including phenoxy) is 2. The van der Waals surface area contributed by atoms with Crippen molar-refractivity contribution < 1.29 is 36.6 Å². The van der Waals surface area contributed by atoms with E-state index in [1.165, 1.54) is 13.1 Å². The molecule has 2 aromatic heterocycles. The zero-order chi connectivity index (χ0) is 24.3. The van der Waals surface area contributed by atoms with Gasteiger partial charge in [0.25, 0.3) is 5.91 Å². The van der Waals surface area contributed by atoms with Gasteiger partial charge in [0, 0.05) is 30.8 Å². The summed E-state index contributed by atoms with van der Waals surface area (Å²) < 4.78 is 61.4. The van der Waals surface area contributed by atoms with Crippen molar-refractivity contribution in [2.45, 2.75) is 63.9 Å². The van der Waals surface area contributed by atoms with Gasteiger partial charge in [0.05, 0.1) is 5.69 Å². The number of carbonyl (C=O) groups excluding carboxylic acids is 2. The molecule has 1 aliphatic carbocycles. The normalized spacial score (nSPS) is 20.8. The predicted molar refractivity (Wildman–Crippen MR) is 106 cm³/mol. The second-order valence-electron chi connectivity index (χ2n) is 7.91. The van der Waals surface area contributed by atoms with Crippen LogP contribution in [0.4, 0.5) is 28.2 Å². The van der Waals surface area contributed by atoms with Crippen LogP contribution in [0.25, 0.3) is 0 Å². The van der Waals surface area contributed by atoms with Crippen molar-refractivity contribution in [3.63, 3.8) is 0 Å². The lowest BCUT2D eigenvalue weighted by atomic mass is 10.0. The van der Waals surface area contributed by atoms with E-state index in [-0.39, 0.29) is 23.2 Å². The van der Waals surface area contributed by atoms with Crippen molar-refractivity contribution in [3.8, 4) is 0 Å². The maximum Gasteiger partial charge on any atom is 0.522 e. The molecule has 2 heterocycles. The first-order valence-electron chi connectivity index (χ1n) is 10.1. The van der Waals surface area contributed by atoms with E-state index in [2.05, 4.69) is 30.7 Å². The first-order chi connectivity index (χ1) is 15.4. The molecule has 0 aromatic carbocycles. The topological polar surface area (TPSA) is 123 Å². The summed E-state index contributed by atoms with van der Waals surface area (Å²) in [6.07, 6.45) is -7.13. The molecular weight excluding hydrogens is 452 g/mol. The SMILES string of the molecule is CC(C)NC(=O)O[C@@H]1CC[C@H](c2cc(NC(=O)c3cc(COC(F)(F)F)nn3C)n[nH]2)[C@H]1F. The fraction of sp³-hybridized carbons (Fsp3) is 0.579. The van der Waals surface area contributed by atoms with Crippen molar-refractivity contribution in [1.29, 1.82) is 0 Å². The lowest BCUT2D eigenvalue weighted by Crippen LogP contribution is -2.36. The van der Waals surface area contributed by atoms with Crippen LogP contribution < -0.4 is 10.6 Å². The molecule has 1 aliphatic rings. The molecule has 2 amide bonds. The second kappa shape index (κ2) is 9.77. The van der Waals surface area contributed by atoms with Gasteiger partial charge in [0.15, 0.2) is 5.82 Å². The molecule has 10 nitrogen and oxygen atoms in total. The Morgan fingerprint density at radius 1 is 1.30 bits per heavy atom. The van der Waals surface area contributed by atoms with Gasteiger partial charge in [-0.05, 0) is 32.8 Å². The van der Waals surface area contributed by atoms with Crippen LogP contribution in [0.15, 0.2) is 12.1 Å². The summed E-state index contributed by atoms with van der Waals surface area (Å²) in [5.41, 5.74) is 0.313. The predicted octanol–water partition coefficient (Wildman–Crippen LogP) is 3.15. The lowest BCUT2D eigenvalue weighted by Gasteiger charge is -2.18. The zero-order valence-electron chi connectivity index (χ0n) is 18.1. The van der Waals surface area contributed by atoms with Gasteiger partial charge in [-0.25, -0.2) is 9.18 Å². The Hall–Kier alpha value is -3.16. The molecule has 0 saturated heterocycles. The number of nitrogens with one attached hydrogen (secondary N) is 3. The molecule has 2 aromatic rings. The zero-order valence-corrected chi connectivity index (χ0v) is 18.1. The fourth-order valence-electron chi connectivity index (χ4n) is 3.52. The number of H-pyrrole nitrogens is 1. The van der Waals surface area contributed by atoms with Crippen LogP contribution in [0.3, 0.4) is 0 Å². The number of hydrogen-bond acceptors (Lipinski definition) is 6. The maximum atomic E-state index is 14.8. The van der Waals surface area contributed by atoms with E-state index in [1.54, 1.807) is 13.8 Å². The molecule has 33 heavy (non-hydrogen) atoms. The monoisotopic (exact) mass is 476 g/mol. The van der Waals surface area contributed by atoms with Crippen LogP contribution in [0.5, 0.6) is 0 Å². The molecule has 3 atom stereocenters. The number of aryl methyl sites for hydroxylation is 1. The Balaban J connectivity index is 1.59. The molecule has 0 radical (unpaired) electrons. The number of halogens is 4. The summed E-state index contributed by atoms with van der Waals surface area (Å²) in [6.45, 7) is 2.68. The van der Waals surface area contributed by atoms with Gasteiger partial charge in [-0.2, -0.15) is 10.2 Å². The van der Waals surface area contributed by atoms with E-state index in [4.69, 9.17) is 4.74 Å². The van der Waals surface area contributed by atoms with Crippen molar-refractivity contribution in [2.75, 3.05) is 5.32 Å². The number of anilines is 1. The first-order valence-corrected chi connectivity index (χ1v) is 10.1. The number of hydrogen-bond donors (Lipinski definition) is 3. The summed E-state index contributed by atoms with van der Waals surface area (Å²) in [4.78, 5) is 24.2. The number of alkyl halides is 4. The Labute approximate surface area is 186 Å². The molecular formula is C19H24F4N6O4. The summed E-state index contributed by atoms with van der Waals surface area (Å²) in [6, 6.07) is 2.47. The van der Waals surface area contributed by atoms with Crippen LogP contribution in [-0.2, 0) is 23.1 Å². The van der Waals surface area contributed by atoms with Crippen molar-refractivity contribution in [3.05, 3.63) is 29.2 Å². The third kappa shape index (κ3) is 6.43. The Morgan fingerprint density at radius 3 is 2.70 bits per heavy atom. The van der Waals surface area contributed by atoms with E-state index in [1.807, 2.05) is 0 Å². The third-order valence-electron chi connectivity index (χ3n) is 4.95. The van der Waals surface area contributed by atoms with Gasteiger partial charge in [0.2, 0.25) is 0 Å². The van der Waals surface area contributed by atoms with E-state index in [0.717, 1.165) is 10.7 Å². The average Bonchev–Trinajstić information content (AvgIpc) is 3.39. The van der Waals surface area contributed by atoms with Gasteiger partial charge in [0.1, 0.15) is 24.6 Å². The minimum Gasteiger partial charge on any atom is -0.443 e. The fourth-order valence-corrected chi connectivity index (χ4v) is 3.52. The molecule has 3 N–H and O–H groups in total. The molecule has 1 fully saturated rings. The number of amides is 2. The molecule has 182 valence electrons. The highest BCUT2D eigenvalue weighted by atomic mass is 19.4. The summed E-state index contributed by atoms with van der Waals surface area (Å²) in [7, 11) is 1.39. The first kappa shape index (κ1) is 24.5. The van der Waals surface area contributed by atoms with E-state index in [9.17, 15) is 27.2 Å². The van der Waals surface area contributed by atoms with Crippen molar-refractivity contribution >= 4 is 17.8 Å². The Kier molecular flexibility index (Phi) is 7.25. The Bertz CT molecular complexity index is 989. The minimum absolute atomic E-state index is 0.0193. The summed E-state index contributed by atoms with van der Waals surface area (Å²) >= 11 is 0. The van der Waals surface area contributed by atoms with Crippen LogP contribution in [0, 0.1) is 0 Å². The molecule has 0 aliphatic heterocycles. The highest BCUT2D eigenvalue weighted by molar-refractivity contribution is 6.02. The molecule has 14 heteroatoms. The maximum absolute atomic E-state index is 14.8. The number of aromatic nitrogens is 4. The van der Waals surface area contributed by atoms with Crippen LogP contribution in [-0.4, -0.2) is 56.7 Å². The van der Waals surface area contributed by atoms with Gasteiger partial charge in [-0.3, -0.25) is 19.3 Å². The van der Waals surface area contributed by atoms with E-state index in [0.29, 0.717) is 18.5 Å². The highest BCUT2D eigenvalue weighted by Gasteiger charge is 2.41. The average molecular weight is 476 g/mol. The molecule has 0 unspecified atom stereocenters. The molecule has 1 saturated carbocycles. The number of rotatable bonds is 7. The van der Waals surface area contributed by atoms with E-state index < -0.39 is 43.2 Å². The number of carbonyl (C=O) groups is 2. The third-order valence-corrected chi connectivity index (χ3v) is 4.95. The van der Waals surface area contributed by atoms with E-state index >= 15 is 0 Å². The highest BCUT2D eigenvalue weighted by Crippen LogP contribution is 2.38. The second-order valence-corrected chi connectivity index (χ2v) is 7.91. The lowest BCUT2D eigenvalue weighted by molar-refractivity contribution is -0.330. The van der Waals surface area contributed by atoms with Crippen LogP contribution >= 0.6 is 0 Å². The standard InChI is InChI=1S/C19H24F4N6O4/c1-9(2)24-18(31)33-14-5-4-11(16(14)20)12-7-15(27-26-12)25-17(30)13-6-10(28-29(13)3)8-32-19(21,22)23/h6-7,9,11,14,16H,4-5,8H2,1-3H3,(H,24,31)(H2,25,26,27,30)/t11-,14-,16-/m1/s1. The summed E-state index contributed by atoms with van der Waals surface area (Å²) in [5, 5.41) is 15.5. The molecule has 0 spiro atoms. The molecule has 0 bridgehead atoms. The summed E-state index contributed by atoms with van der Waals surface area (Å²) in [5.74, 6) is -1.18. The van der Waals surface area contributed by atoms with Crippen molar-refractivity contribution in [1.82, 2.24) is 25.3 Å².